The van der Waals surface area contributed by atoms with Crippen molar-refractivity contribution in [3.8, 4) is 17.3 Å². The van der Waals surface area contributed by atoms with Crippen LogP contribution >= 0.6 is 10.7 Å². The van der Waals surface area contributed by atoms with Crippen LogP contribution in [0.15, 0.2) is 23.5 Å². The first-order valence-corrected chi connectivity index (χ1v) is 6.70. The van der Waals surface area contributed by atoms with Crippen molar-refractivity contribution in [2.45, 2.75) is 5.16 Å². The van der Waals surface area contributed by atoms with Crippen molar-refractivity contribution in [2.24, 2.45) is 0 Å². The van der Waals surface area contributed by atoms with Gasteiger partial charge in [0.2, 0.25) is 5.88 Å². The summed E-state index contributed by atoms with van der Waals surface area (Å²) in [5.41, 5.74) is 0.470. The van der Waals surface area contributed by atoms with Crippen LogP contribution in [0, 0.1) is 0 Å². The van der Waals surface area contributed by atoms with Crippen LogP contribution in [0.1, 0.15) is 0 Å². The lowest BCUT2D eigenvalue weighted by molar-refractivity contribution is 0.399. The van der Waals surface area contributed by atoms with Crippen LogP contribution in [0.3, 0.4) is 0 Å². The van der Waals surface area contributed by atoms with Crippen LogP contribution in [-0.4, -0.2) is 35.7 Å². The molecule has 0 spiro atoms. The predicted molar refractivity (Wildman–Crippen MR) is 59.2 cm³/mol. The van der Waals surface area contributed by atoms with Gasteiger partial charge >= 0.3 is 0 Å². The Morgan fingerprint density at radius 3 is 2.82 bits per heavy atom. The van der Waals surface area contributed by atoms with Gasteiger partial charge < -0.3 is 4.74 Å². The Hall–Kier alpha value is -1.67. The number of nitrogens with one attached hydrogen (secondary N) is 1. The number of pyridine rings is 1. The molecule has 0 unspecified atom stereocenters. The zero-order valence-electron chi connectivity index (χ0n) is 8.58. The van der Waals surface area contributed by atoms with E-state index in [1.807, 2.05) is 0 Å². The standard InChI is InChI=1S/C8H7ClN4O3S/c1-16-7-5(3-2-4-10-7)6-11-8(13-12-6)17(9,14)15/h2-4H,1H3,(H,11,12,13). The number of H-pyrrole nitrogens is 1. The van der Waals surface area contributed by atoms with E-state index < -0.39 is 14.2 Å². The van der Waals surface area contributed by atoms with Crippen LogP contribution in [0.4, 0.5) is 0 Å². The predicted octanol–water partition coefficient (Wildman–Crippen LogP) is 0.803. The number of nitrogens with zero attached hydrogens (tertiary/aromatic N) is 3. The third-order valence-corrected chi connectivity index (χ3v) is 2.98. The van der Waals surface area contributed by atoms with Gasteiger partial charge in [-0.1, -0.05) is 0 Å². The number of ether oxygens (including phenoxy) is 1. The second kappa shape index (κ2) is 4.30. The summed E-state index contributed by atoms with van der Waals surface area (Å²) >= 11 is 0. The minimum Gasteiger partial charge on any atom is -0.480 e. The number of hydrogen-bond donors (Lipinski definition) is 1. The molecule has 0 atom stereocenters. The van der Waals surface area contributed by atoms with Gasteiger partial charge in [0.1, 0.15) is 0 Å². The maximum absolute atomic E-state index is 11.0. The van der Waals surface area contributed by atoms with Gasteiger partial charge in [0.25, 0.3) is 14.2 Å². The van der Waals surface area contributed by atoms with Gasteiger partial charge in [0.15, 0.2) is 5.82 Å². The second-order valence-electron chi connectivity index (χ2n) is 2.96. The molecular weight excluding hydrogens is 268 g/mol. The van der Waals surface area contributed by atoms with Crippen molar-refractivity contribution < 1.29 is 13.2 Å². The van der Waals surface area contributed by atoms with Crippen LogP contribution in [0.2, 0.25) is 0 Å². The third kappa shape index (κ3) is 2.37. The van der Waals surface area contributed by atoms with Crippen molar-refractivity contribution in [1.29, 1.82) is 0 Å². The van der Waals surface area contributed by atoms with Gasteiger partial charge in [-0.15, -0.1) is 0 Å². The third-order valence-electron chi connectivity index (χ3n) is 1.90. The van der Waals surface area contributed by atoms with Gasteiger partial charge in [0, 0.05) is 16.9 Å². The lowest BCUT2D eigenvalue weighted by atomic mass is 10.2. The molecule has 0 aliphatic carbocycles. The number of aromatic nitrogens is 4. The van der Waals surface area contributed by atoms with Gasteiger partial charge in [0.05, 0.1) is 12.7 Å². The Morgan fingerprint density at radius 2 is 2.24 bits per heavy atom. The average molecular weight is 275 g/mol. The van der Waals surface area contributed by atoms with Crippen molar-refractivity contribution >= 4 is 19.7 Å². The fourth-order valence-electron chi connectivity index (χ4n) is 1.20. The van der Waals surface area contributed by atoms with Crippen molar-refractivity contribution in [3.05, 3.63) is 18.3 Å². The van der Waals surface area contributed by atoms with Crippen LogP contribution < -0.4 is 4.74 Å². The molecule has 0 aromatic carbocycles. The van der Waals surface area contributed by atoms with E-state index in [4.69, 9.17) is 15.4 Å². The minimum atomic E-state index is -3.93. The summed E-state index contributed by atoms with van der Waals surface area (Å²) in [7, 11) is 2.64. The molecule has 0 aliphatic rings. The first kappa shape index (κ1) is 11.8. The smallest absolute Gasteiger partial charge is 0.296 e. The van der Waals surface area contributed by atoms with Crippen LogP contribution in [0.5, 0.6) is 5.88 Å². The number of halogens is 1. The van der Waals surface area contributed by atoms with E-state index in [-0.39, 0.29) is 5.82 Å². The lowest BCUT2D eigenvalue weighted by Crippen LogP contribution is -1.94. The van der Waals surface area contributed by atoms with Gasteiger partial charge in [-0.05, 0) is 12.1 Å². The molecule has 7 nitrogen and oxygen atoms in total. The maximum Gasteiger partial charge on any atom is 0.296 e. The van der Waals surface area contributed by atoms with Gasteiger partial charge in [-0.2, -0.15) is 10.1 Å². The number of rotatable bonds is 3. The summed E-state index contributed by atoms with van der Waals surface area (Å²) in [6.07, 6.45) is 1.54. The highest BCUT2D eigenvalue weighted by Gasteiger charge is 2.18. The van der Waals surface area contributed by atoms with E-state index in [9.17, 15) is 8.42 Å². The summed E-state index contributed by atoms with van der Waals surface area (Å²) in [4.78, 5) is 7.70. The number of aromatic amines is 1. The largest absolute Gasteiger partial charge is 0.480 e. The molecule has 2 heterocycles. The van der Waals surface area contributed by atoms with E-state index in [1.54, 1.807) is 12.1 Å². The minimum absolute atomic E-state index is 0.147. The Morgan fingerprint density at radius 1 is 1.47 bits per heavy atom. The normalized spacial score (nSPS) is 11.4. The highest BCUT2D eigenvalue weighted by atomic mass is 35.7. The molecule has 90 valence electrons. The molecule has 0 amide bonds. The monoisotopic (exact) mass is 274 g/mol. The molecule has 0 aliphatic heterocycles. The molecule has 0 radical (unpaired) electrons. The Labute approximate surface area is 101 Å². The Bertz CT molecular complexity index is 640. The Kier molecular flexibility index (Phi) is 2.99. The average Bonchev–Trinajstić information content (AvgIpc) is 2.77. The molecule has 2 rings (SSSR count). The molecule has 9 heteroatoms. The number of methoxy groups -OCH3 is 1. The first-order chi connectivity index (χ1) is 8.02. The van der Waals surface area contributed by atoms with Crippen molar-refractivity contribution in [1.82, 2.24) is 20.2 Å². The fourth-order valence-corrected chi connectivity index (χ4v) is 1.76. The summed E-state index contributed by atoms with van der Waals surface area (Å²) < 4.78 is 27.0. The quantitative estimate of drug-likeness (QED) is 0.832. The Balaban J connectivity index is 2.51. The van der Waals surface area contributed by atoms with Gasteiger partial charge in [-0.25, -0.2) is 18.5 Å². The summed E-state index contributed by atoms with van der Waals surface area (Å²) in [5.74, 6) is 0.444. The van der Waals surface area contributed by atoms with Crippen LogP contribution in [-0.2, 0) is 9.05 Å². The maximum atomic E-state index is 11.0. The van der Waals surface area contributed by atoms with Crippen LogP contribution in [0.25, 0.3) is 11.4 Å². The highest BCUT2D eigenvalue weighted by molar-refractivity contribution is 8.13. The van der Waals surface area contributed by atoms with E-state index >= 15 is 0 Å². The SMILES string of the molecule is COc1ncccc1-c1n[nH]c(S(=O)(=O)Cl)n1. The highest BCUT2D eigenvalue weighted by Crippen LogP contribution is 2.25. The summed E-state index contributed by atoms with van der Waals surface area (Å²) in [6, 6.07) is 3.31. The molecule has 1 N–H and O–H groups in total. The summed E-state index contributed by atoms with van der Waals surface area (Å²) in [6.45, 7) is 0. The molecule has 0 fully saturated rings. The van der Waals surface area contributed by atoms with E-state index in [0.29, 0.717) is 11.4 Å². The molecule has 17 heavy (non-hydrogen) atoms. The molecule has 2 aromatic rings. The van der Waals surface area contributed by atoms with E-state index in [2.05, 4.69) is 20.2 Å². The molecular formula is C8H7ClN4O3S. The van der Waals surface area contributed by atoms with Gasteiger partial charge in [-0.3, -0.25) is 0 Å². The van der Waals surface area contributed by atoms with Crippen molar-refractivity contribution in [3.63, 3.8) is 0 Å². The van der Waals surface area contributed by atoms with Crippen molar-refractivity contribution in [2.75, 3.05) is 7.11 Å². The zero-order chi connectivity index (χ0) is 12.5. The fraction of sp³-hybridized carbons (Fsp3) is 0.125. The molecule has 0 bridgehead atoms. The molecule has 2 aromatic heterocycles. The lowest BCUT2D eigenvalue weighted by Gasteiger charge is -2.01. The molecule has 0 saturated heterocycles. The molecule has 0 saturated carbocycles. The topological polar surface area (TPSA) is 97.8 Å². The van der Waals surface area contributed by atoms with E-state index in [0.717, 1.165) is 0 Å². The second-order valence-corrected chi connectivity index (χ2v) is 5.44. The first-order valence-electron chi connectivity index (χ1n) is 4.39. The summed E-state index contributed by atoms with van der Waals surface area (Å²) in [5, 5.41) is 5.56. The number of hydrogen-bond acceptors (Lipinski definition) is 6. The zero-order valence-corrected chi connectivity index (χ0v) is 10.2. The van der Waals surface area contributed by atoms with E-state index in [1.165, 1.54) is 13.3 Å².